The molecule has 0 fully saturated rings. The number of carbonyl (C=O) groups excluding carboxylic acids is 2. The molecule has 11 heteroatoms. The zero-order chi connectivity index (χ0) is 17.2. The topological polar surface area (TPSA) is 133 Å². The maximum Gasteiger partial charge on any atom is 0.344 e. The Hall–Kier alpha value is -1.20. The van der Waals surface area contributed by atoms with Crippen LogP contribution in [0.1, 0.15) is 19.8 Å². The molecule has 0 heterocycles. The maximum atomic E-state index is 11.5. The molecule has 0 spiro atoms. The summed E-state index contributed by atoms with van der Waals surface area (Å²) >= 11 is 0. The van der Waals surface area contributed by atoms with Crippen LogP contribution in [0.15, 0.2) is 0 Å². The molecule has 0 aromatic rings. The molecule has 0 aliphatic heterocycles. The fourth-order valence-corrected chi connectivity index (χ4v) is 3.24. The van der Waals surface area contributed by atoms with Crippen molar-refractivity contribution in [3.8, 4) is 0 Å². The number of sulfone groups is 1. The smallest absolute Gasteiger partial charge is 0.344 e. The third kappa shape index (κ3) is 12.5. The summed E-state index contributed by atoms with van der Waals surface area (Å²) in [6, 6.07) is 0. The molecule has 0 aliphatic carbocycles. The SMILES string of the molecule is CCOC(=O)COC(=O)CCNS(=O)(=O)CCCS(C)(=O)=O. The van der Waals surface area contributed by atoms with E-state index in [1.165, 1.54) is 0 Å². The first-order chi connectivity index (χ1) is 10.1. The van der Waals surface area contributed by atoms with Gasteiger partial charge < -0.3 is 9.47 Å². The molecule has 0 bridgehead atoms. The van der Waals surface area contributed by atoms with E-state index in [0.717, 1.165) is 6.26 Å². The van der Waals surface area contributed by atoms with Crippen molar-refractivity contribution >= 4 is 31.8 Å². The lowest BCUT2D eigenvalue weighted by Gasteiger charge is -2.07. The standard InChI is InChI=1S/C11H21NO8S2/c1-3-19-11(14)9-20-10(13)5-6-12-22(17,18)8-4-7-21(2,15)16/h12H,3-9H2,1-2H3. The lowest BCUT2D eigenvalue weighted by Crippen LogP contribution is -2.30. The zero-order valence-corrected chi connectivity index (χ0v) is 14.2. The van der Waals surface area contributed by atoms with Crippen molar-refractivity contribution in [1.29, 1.82) is 0 Å². The highest BCUT2D eigenvalue weighted by Crippen LogP contribution is 1.95. The summed E-state index contributed by atoms with van der Waals surface area (Å²) in [5, 5.41) is 0. The van der Waals surface area contributed by atoms with Crippen LogP contribution in [0.2, 0.25) is 0 Å². The molecule has 0 aromatic carbocycles. The molecule has 130 valence electrons. The van der Waals surface area contributed by atoms with Crippen LogP contribution in [0.25, 0.3) is 0 Å². The first kappa shape index (κ1) is 20.8. The molecule has 0 aliphatic rings. The first-order valence-electron chi connectivity index (χ1n) is 6.52. The summed E-state index contributed by atoms with van der Waals surface area (Å²) < 4.78 is 56.1. The molecule has 0 saturated heterocycles. The highest BCUT2D eigenvalue weighted by Gasteiger charge is 2.13. The minimum Gasteiger partial charge on any atom is -0.463 e. The van der Waals surface area contributed by atoms with Gasteiger partial charge in [0.2, 0.25) is 10.0 Å². The molecule has 0 unspecified atom stereocenters. The Labute approximate surface area is 130 Å². The van der Waals surface area contributed by atoms with Crippen molar-refractivity contribution in [1.82, 2.24) is 4.72 Å². The highest BCUT2D eigenvalue weighted by atomic mass is 32.2. The Kier molecular flexibility index (Phi) is 9.21. The third-order valence-electron chi connectivity index (χ3n) is 2.24. The van der Waals surface area contributed by atoms with Gasteiger partial charge in [-0.25, -0.2) is 26.4 Å². The normalized spacial score (nSPS) is 11.9. The molecule has 0 radical (unpaired) electrons. The van der Waals surface area contributed by atoms with E-state index in [1.807, 2.05) is 0 Å². The number of nitrogens with one attached hydrogen (secondary N) is 1. The fraction of sp³-hybridized carbons (Fsp3) is 0.818. The largest absolute Gasteiger partial charge is 0.463 e. The quantitative estimate of drug-likeness (QED) is 0.457. The van der Waals surface area contributed by atoms with Gasteiger partial charge in [-0.05, 0) is 13.3 Å². The van der Waals surface area contributed by atoms with Crippen LogP contribution < -0.4 is 4.72 Å². The molecular formula is C11H21NO8S2. The van der Waals surface area contributed by atoms with Gasteiger partial charge in [0, 0.05) is 12.8 Å². The molecule has 9 nitrogen and oxygen atoms in total. The number of ether oxygens (including phenoxy) is 2. The Morgan fingerprint density at radius 2 is 1.64 bits per heavy atom. The molecule has 0 atom stereocenters. The number of hydrogen-bond acceptors (Lipinski definition) is 8. The number of rotatable bonds is 11. The van der Waals surface area contributed by atoms with Gasteiger partial charge in [0.05, 0.1) is 24.5 Å². The summed E-state index contributed by atoms with van der Waals surface area (Å²) in [6.45, 7) is 1.07. The van der Waals surface area contributed by atoms with Crippen molar-refractivity contribution < 1.29 is 35.9 Å². The summed E-state index contributed by atoms with van der Waals surface area (Å²) in [4.78, 5) is 22.2. The number of hydrogen-bond donors (Lipinski definition) is 1. The lowest BCUT2D eigenvalue weighted by molar-refractivity contribution is -0.158. The van der Waals surface area contributed by atoms with Crippen LogP contribution in [0.5, 0.6) is 0 Å². The van der Waals surface area contributed by atoms with E-state index >= 15 is 0 Å². The number of carbonyl (C=O) groups is 2. The zero-order valence-electron chi connectivity index (χ0n) is 12.5. The molecule has 22 heavy (non-hydrogen) atoms. The Balaban J connectivity index is 3.92. The summed E-state index contributed by atoms with van der Waals surface area (Å²) in [5.41, 5.74) is 0. The monoisotopic (exact) mass is 359 g/mol. The van der Waals surface area contributed by atoms with Crippen LogP contribution >= 0.6 is 0 Å². The van der Waals surface area contributed by atoms with E-state index in [2.05, 4.69) is 14.2 Å². The van der Waals surface area contributed by atoms with Crippen LogP contribution in [-0.2, 0) is 38.9 Å². The summed E-state index contributed by atoms with van der Waals surface area (Å²) in [6.07, 6.45) is 0.749. The second-order valence-corrected chi connectivity index (χ2v) is 8.60. The van der Waals surface area contributed by atoms with E-state index < -0.39 is 38.4 Å². The number of sulfonamides is 1. The van der Waals surface area contributed by atoms with Crippen LogP contribution in [-0.4, -0.2) is 66.3 Å². The van der Waals surface area contributed by atoms with Gasteiger partial charge in [-0.1, -0.05) is 0 Å². The Bertz CT molecular complexity index is 567. The van der Waals surface area contributed by atoms with Gasteiger partial charge in [0.1, 0.15) is 9.84 Å². The fourth-order valence-electron chi connectivity index (χ4n) is 1.31. The molecule has 0 amide bonds. The van der Waals surface area contributed by atoms with Gasteiger partial charge in [0.15, 0.2) is 6.61 Å². The Morgan fingerprint density at radius 1 is 1.00 bits per heavy atom. The van der Waals surface area contributed by atoms with Crippen molar-refractivity contribution in [3.63, 3.8) is 0 Å². The maximum absolute atomic E-state index is 11.5. The van der Waals surface area contributed by atoms with E-state index in [0.29, 0.717) is 0 Å². The predicted octanol–water partition coefficient (Wildman–Crippen LogP) is -1.16. The average molecular weight is 359 g/mol. The molecule has 1 N–H and O–H groups in total. The highest BCUT2D eigenvalue weighted by molar-refractivity contribution is 7.91. The first-order valence-corrected chi connectivity index (χ1v) is 10.2. The van der Waals surface area contributed by atoms with E-state index in [4.69, 9.17) is 0 Å². The average Bonchev–Trinajstić information content (AvgIpc) is 2.34. The molecule has 0 rings (SSSR count). The number of esters is 2. The lowest BCUT2D eigenvalue weighted by atomic mass is 10.4. The predicted molar refractivity (Wildman–Crippen MR) is 78.3 cm³/mol. The second kappa shape index (κ2) is 9.74. The van der Waals surface area contributed by atoms with Gasteiger partial charge in [0.25, 0.3) is 0 Å². The Morgan fingerprint density at radius 3 is 2.18 bits per heavy atom. The van der Waals surface area contributed by atoms with Gasteiger partial charge >= 0.3 is 11.9 Å². The van der Waals surface area contributed by atoms with Gasteiger partial charge in [-0.15, -0.1) is 0 Å². The minimum absolute atomic E-state index is 0.0263. The van der Waals surface area contributed by atoms with Gasteiger partial charge in [-0.3, -0.25) is 4.79 Å². The van der Waals surface area contributed by atoms with Crippen LogP contribution in [0.4, 0.5) is 0 Å². The van der Waals surface area contributed by atoms with Crippen LogP contribution in [0.3, 0.4) is 0 Å². The molecule has 0 saturated carbocycles. The van der Waals surface area contributed by atoms with Crippen molar-refractivity contribution in [2.75, 3.05) is 37.5 Å². The van der Waals surface area contributed by atoms with E-state index in [1.54, 1.807) is 6.92 Å². The molecule has 0 aromatic heterocycles. The third-order valence-corrected chi connectivity index (χ3v) is 4.74. The van der Waals surface area contributed by atoms with E-state index in [-0.39, 0.29) is 37.5 Å². The van der Waals surface area contributed by atoms with Gasteiger partial charge in [-0.2, -0.15) is 0 Å². The molecular weight excluding hydrogens is 338 g/mol. The van der Waals surface area contributed by atoms with E-state index in [9.17, 15) is 26.4 Å². The van der Waals surface area contributed by atoms with Crippen molar-refractivity contribution in [3.05, 3.63) is 0 Å². The second-order valence-electron chi connectivity index (χ2n) is 4.41. The summed E-state index contributed by atoms with van der Waals surface area (Å²) in [7, 11) is -6.86. The van der Waals surface area contributed by atoms with Crippen molar-refractivity contribution in [2.45, 2.75) is 19.8 Å². The van der Waals surface area contributed by atoms with Crippen molar-refractivity contribution in [2.24, 2.45) is 0 Å². The van der Waals surface area contributed by atoms with Crippen LogP contribution in [0, 0.1) is 0 Å². The summed E-state index contributed by atoms with van der Waals surface area (Å²) in [5.74, 6) is -2.00. The minimum atomic E-state index is -3.65.